The number of hydrogen-bond acceptors (Lipinski definition) is 3. The van der Waals surface area contributed by atoms with Gasteiger partial charge in [-0.25, -0.2) is 0 Å². The van der Waals surface area contributed by atoms with Crippen LogP contribution >= 0.6 is 0 Å². The first kappa shape index (κ1) is 14.9. The first-order valence-electron chi connectivity index (χ1n) is 8.79. The highest BCUT2D eigenvalue weighted by Gasteiger charge is 2.38. The maximum absolute atomic E-state index is 6.42. The normalized spacial score (nSPS) is 25.6. The fourth-order valence-electron chi connectivity index (χ4n) is 3.51. The monoisotopic (exact) mass is 311 g/mol. The largest absolute Gasteiger partial charge is 0.367 e. The fraction of sp³-hybridized carbons (Fsp3) is 0.526. The standard InChI is InChI=1S/C19H25N3O/c1-2-6-16(7-3-1)18-14-21(15-19(23-18)17-8-9-17)11-5-13-22-12-4-10-20-22/h1-4,6-7,10,12,17-19H,5,8-9,11,13-15H2/t18-,19+/m0/s1. The third-order valence-corrected chi connectivity index (χ3v) is 4.94. The van der Waals surface area contributed by atoms with E-state index in [2.05, 4.69) is 40.3 Å². The van der Waals surface area contributed by atoms with Crippen molar-refractivity contribution in [2.75, 3.05) is 19.6 Å². The van der Waals surface area contributed by atoms with E-state index in [0.717, 1.165) is 38.5 Å². The second kappa shape index (κ2) is 6.85. The number of ether oxygens (including phenoxy) is 1. The van der Waals surface area contributed by atoms with E-state index in [9.17, 15) is 0 Å². The van der Waals surface area contributed by atoms with Gasteiger partial charge in [0.25, 0.3) is 0 Å². The Morgan fingerprint density at radius 2 is 1.91 bits per heavy atom. The predicted octanol–water partition coefficient (Wildman–Crippen LogP) is 3.13. The van der Waals surface area contributed by atoms with E-state index < -0.39 is 0 Å². The van der Waals surface area contributed by atoms with Crippen molar-refractivity contribution >= 4 is 0 Å². The molecule has 2 heterocycles. The molecule has 4 nitrogen and oxygen atoms in total. The Labute approximate surface area is 138 Å². The number of aromatic nitrogens is 2. The Kier molecular flexibility index (Phi) is 4.44. The summed E-state index contributed by atoms with van der Waals surface area (Å²) in [6, 6.07) is 12.7. The number of benzene rings is 1. The molecule has 1 aromatic heterocycles. The summed E-state index contributed by atoms with van der Waals surface area (Å²) in [5, 5.41) is 4.29. The smallest absolute Gasteiger partial charge is 0.0956 e. The second-order valence-electron chi connectivity index (χ2n) is 6.79. The number of nitrogens with zero attached hydrogens (tertiary/aromatic N) is 3. The first-order valence-corrected chi connectivity index (χ1v) is 8.79. The van der Waals surface area contributed by atoms with Gasteiger partial charge in [-0.3, -0.25) is 9.58 Å². The van der Waals surface area contributed by atoms with E-state index in [4.69, 9.17) is 4.74 Å². The van der Waals surface area contributed by atoms with Crippen LogP contribution in [0.15, 0.2) is 48.8 Å². The van der Waals surface area contributed by atoms with Gasteiger partial charge in [0.05, 0.1) is 12.2 Å². The molecule has 2 fully saturated rings. The summed E-state index contributed by atoms with van der Waals surface area (Å²) in [6.07, 6.45) is 8.35. The first-order chi connectivity index (χ1) is 11.4. The van der Waals surface area contributed by atoms with Gasteiger partial charge in [0.1, 0.15) is 0 Å². The summed E-state index contributed by atoms with van der Waals surface area (Å²) in [5.74, 6) is 0.787. The van der Waals surface area contributed by atoms with Crippen molar-refractivity contribution in [1.82, 2.24) is 14.7 Å². The van der Waals surface area contributed by atoms with Gasteiger partial charge in [0, 0.05) is 38.6 Å². The molecule has 4 heteroatoms. The van der Waals surface area contributed by atoms with Gasteiger partial charge in [0.2, 0.25) is 0 Å². The number of aryl methyl sites for hydroxylation is 1. The molecule has 2 aliphatic rings. The SMILES string of the molecule is c1ccc([C@@H]2CN(CCCn3cccn3)C[C@H](C3CC3)O2)cc1. The average molecular weight is 311 g/mol. The summed E-state index contributed by atoms with van der Waals surface area (Å²) in [6.45, 7) is 4.21. The summed E-state index contributed by atoms with van der Waals surface area (Å²) in [4.78, 5) is 2.59. The average Bonchev–Trinajstić information content (AvgIpc) is 3.33. The van der Waals surface area contributed by atoms with Crippen LogP contribution in [0.2, 0.25) is 0 Å². The van der Waals surface area contributed by atoms with E-state index in [1.165, 1.54) is 18.4 Å². The van der Waals surface area contributed by atoms with Crippen molar-refractivity contribution in [2.24, 2.45) is 5.92 Å². The third-order valence-electron chi connectivity index (χ3n) is 4.94. The fourth-order valence-corrected chi connectivity index (χ4v) is 3.51. The van der Waals surface area contributed by atoms with Crippen molar-refractivity contribution in [3.63, 3.8) is 0 Å². The minimum Gasteiger partial charge on any atom is -0.367 e. The Morgan fingerprint density at radius 3 is 2.65 bits per heavy atom. The minimum absolute atomic E-state index is 0.222. The lowest BCUT2D eigenvalue weighted by molar-refractivity contribution is -0.0965. The van der Waals surface area contributed by atoms with Gasteiger partial charge in [-0.2, -0.15) is 5.10 Å². The molecule has 1 aliphatic heterocycles. The number of rotatable bonds is 6. The maximum Gasteiger partial charge on any atom is 0.0956 e. The van der Waals surface area contributed by atoms with Crippen LogP contribution in [0.3, 0.4) is 0 Å². The van der Waals surface area contributed by atoms with Gasteiger partial charge >= 0.3 is 0 Å². The zero-order valence-electron chi connectivity index (χ0n) is 13.6. The Bertz CT molecular complexity index is 594. The summed E-state index contributed by atoms with van der Waals surface area (Å²) < 4.78 is 8.44. The van der Waals surface area contributed by atoms with Crippen molar-refractivity contribution < 1.29 is 4.74 Å². The molecular weight excluding hydrogens is 286 g/mol. The molecule has 122 valence electrons. The van der Waals surface area contributed by atoms with Crippen LogP contribution in [0, 0.1) is 5.92 Å². The Morgan fingerprint density at radius 1 is 1.04 bits per heavy atom. The van der Waals surface area contributed by atoms with Gasteiger partial charge in [-0.15, -0.1) is 0 Å². The van der Waals surface area contributed by atoms with Crippen LogP contribution in [-0.2, 0) is 11.3 Å². The summed E-state index contributed by atoms with van der Waals surface area (Å²) in [7, 11) is 0. The zero-order chi connectivity index (χ0) is 15.5. The lowest BCUT2D eigenvalue weighted by Crippen LogP contribution is -2.45. The van der Waals surface area contributed by atoms with Crippen molar-refractivity contribution in [1.29, 1.82) is 0 Å². The van der Waals surface area contributed by atoms with Crippen LogP contribution in [-0.4, -0.2) is 40.4 Å². The molecule has 0 amide bonds. The molecule has 0 bridgehead atoms. The molecular formula is C19H25N3O. The molecule has 0 spiro atoms. The number of morpholine rings is 1. The molecule has 4 rings (SSSR count). The summed E-state index contributed by atoms with van der Waals surface area (Å²) >= 11 is 0. The van der Waals surface area contributed by atoms with Crippen LogP contribution < -0.4 is 0 Å². The van der Waals surface area contributed by atoms with E-state index in [0.29, 0.717) is 6.10 Å². The van der Waals surface area contributed by atoms with E-state index >= 15 is 0 Å². The molecule has 2 aromatic rings. The van der Waals surface area contributed by atoms with Crippen LogP contribution in [0.4, 0.5) is 0 Å². The molecule has 0 unspecified atom stereocenters. The quantitative estimate of drug-likeness (QED) is 0.821. The van der Waals surface area contributed by atoms with Gasteiger partial charge < -0.3 is 4.74 Å². The van der Waals surface area contributed by atoms with Crippen molar-refractivity contribution in [3.8, 4) is 0 Å². The van der Waals surface area contributed by atoms with Gasteiger partial charge in [-0.1, -0.05) is 30.3 Å². The third kappa shape index (κ3) is 3.82. The van der Waals surface area contributed by atoms with Crippen LogP contribution in [0.25, 0.3) is 0 Å². The van der Waals surface area contributed by atoms with Crippen LogP contribution in [0.1, 0.15) is 30.9 Å². The molecule has 1 aromatic carbocycles. The number of hydrogen-bond donors (Lipinski definition) is 0. The molecule has 1 saturated carbocycles. The molecule has 0 radical (unpaired) electrons. The second-order valence-corrected chi connectivity index (χ2v) is 6.79. The predicted molar refractivity (Wildman–Crippen MR) is 90.1 cm³/mol. The van der Waals surface area contributed by atoms with Crippen molar-refractivity contribution in [3.05, 3.63) is 54.4 Å². The van der Waals surface area contributed by atoms with E-state index in [1.807, 2.05) is 23.1 Å². The lowest BCUT2D eigenvalue weighted by Gasteiger charge is -2.38. The molecule has 2 atom stereocenters. The molecule has 1 saturated heterocycles. The van der Waals surface area contributed by atoms with Gasteiger partial charge in [-0.05, 0) is 36.8 Å². The van der Waals surface area contributed by atoms with E-state index in [1.54, 1.807) is 0 Å². The maximum atomic E-state index is 6.42. The molecule has 23 heavy (non-hydrogen) atoms. The minimum atomic E-state index is 0.222. The Balaban J connectivity index is 1.37. The zero-order valence-corrected chi connectivity index (χ0v) is 13.6. The van der Waals surface area contributed by atoms with Crippen molar-refractivity contribution in [2.45, 2.75) is 38.0 Å². The highest BCUT2D eigenvalue weighted by Crippen LogP contribution is 2.39. The van der Waals surface area contributed by atoms with E-state index in [-0.39, 0.29) is 6.10 Å². The van der Waals surface area contributed by atoms with Gasteiger partial charge in [0.15, 0.2) is 0 Å². The summed E-state index contributed by atoms with van der Waals surface area (Å²) in [5.41, 5.74) is 1.31. The van der Waals surface area contributed by atoms with Crippen LogP contribution in [0.5, 0.6) is 0 Å². The topological polar surface area (TPSA) is 30.3 Å². The molecule has 0 N–H and O–H groups in total. The molecule has 1 aliphatic carbocycles. The highest BCUT2D eigenvalue weighted by molar-refractivity contribution is 5.18. The lowest BCUT2D eigenvalue weighted by atomic mass is 10.0. The highest BCUT2D eigenvalue weighted by atomic mass is 16.5. The Hall–Kier alpha value is -1.65.